The van der Waals surface area contributed by atoms with Crippen LogP contribution in [0.3, 0.4) is 0 Å². The molecular weight excluding hydrogens is 220 g/mol. The van der Waals surface area contributed by atoms with Crippen LogP contribution >= 0.6 is 0 Å². The fraction of sp³-hybridized carbons (Fsp3) is 0.625. The van der Waals surface area contributed by atoms with Crippen LogP contribution in [-0.4, -0.2) is 24.0 Å². The van der Waals surface area contributed by atoms with Gasteiger partial charge in [0.15, 0.2) is 0 Å². The molecule has 0 bridgehead atoms. The van der Waals surface area contributed by atoms with Gasteiger partial charge in [-0.3, -0.25) is 4.90 Å². The summed E-state index contributed by atoms with van der Waals surface area (Å²) >= 11 is 0. The third kappa shape index (κ3) is 3.56. The lowest BCUT2D eigenvalue weighted by molar-refractivity contribution is 0.245. The van der Waals surface area contributed by atoms with Gasteiger partial charge < -0.3 is 5.73 Å². The van der Waals surface area contributed by atoms with Crippen LogP contribution < -0.4 is 5.73 Å². The van der Waals surface area contributed by atoms with Gasteiger partial charge in [0.2, 0.25) is 0 Å². The number of rotatable bonds is 6. The number of hydrogen-bond acceptors (Lipinski definition) is 2. The van der Waals surface area contributed by atoms with Crippen molar-refractivity contribution < 1.29 is 0 Å². The molecule has 2 nitrogen and oxygen atoms in total. The van der Waals surface area contributed by atoms with Crippen molar-refractivity contribution in [1.82, 2.24) is 4.90 Å². The minimum absolute atomic E-state index is 0.590. The summed E-state index contributed by atoms with van der Waals surface area (Å²) in [4.78, 5) is 2.58. The molecule has 2 N–H and O–H groups in total. The predicted octanol–water partition coefficient (Wildman–Crippen LogP) is 3.03. The molecule has 1 aliphatic heterocycles. The van der Waals surface area contributed by atoms with Gasteiger partial charge in [0.05, 0.1) is 0 Å². The first-order valence-electron chi connectivity index (χ1n) is 7.31. The molecule has 1 saturated heterocycles. The molecule has 1 heterocycles. The zero-order valence-electron chi connectivity index (χ0n) is 11.5. The molecule has 2 atom stereocenters. The van der Waals surface area contributed by atoms with E-state index in [1.807, 2.05) is 0 Å². The number of likely N-dealkylation sites (tertiary alicyclic amines) is 1. The van der Waals surface area contributed by atoms with Crippen molar-refractivity contribution in [1.29, 1.82) is 0 Å². The van der Waals surface area contributed by atoms with Crippen LogP contribution in [0.2, 0.25) is 0 Å². The fourth-order valence-electron chi connectivity index (χ4n) is 3.05. The van der Waals surface area contributed by atoms with Crippen LogP contribution in [0.15, 0.2) is 30.3 Å². The highest BCUT2D eigenvalue weighted by atomic mass is 15.2. The molecule has 2 heteroatoms. The van der Waals surface area contributed by atoms with Gasteiger partial charge in [-0.05, 0) is 24.3 Å². The predicted molar refractivity (Wildman–Crippen MR) is 77.3 cm³/mol. The Morgan fingerprint density at radius 1 is 1.28 bits per heavy atom. The van der Waals surface area contributed by atoms with Crippen molar-refractivity contribution in [2.75, 3.05) is 13.1 Å². The average molecular weight is 246 g/mol. The lowest BCUT2D eigenvalue weighted by Gasteiger charge is -2.23. The Kier molecular flexibility index (Phi) is 5.21. The van der Waals surface area contributed by atoms with Gasteiger partial charge >= 0.3 is 0 Å². The molecule has 100 valence electrons. The van der Waals surface area contributed by atoms with E-state index in [1.54, 1.807) is 0 Å². The molecule has 1 aliphatic rings. The lowest BCUT2D eigenvalue weighted by atomic mass is 9.99. The van der Waals surface area contributed by atoms with Crippen molar-refractivity contribution in [2.45, 2.75) is 45.2 Å². The van der Waals surface area contributed by atoms with Crippen LogP contribution in [-0.2, 0) is 6.54 Å². The second-order valence-electron chi connectivity index (χ2n) is 5.55. The Labute approximate surface area is 111 Å². The summed E-state index contributed by atoms with van der Waals surface area (Å²) in [5.74, 6) is 0.863. The molecular formula is C16H26N2. The second-order valence-corrected chi connectivity index (χ2v) is 5.55. The summed E-state index contributed by atoms with van der Waals surface area (Å²) in [6, 6.07) is 11.3. The minimum atomic E-state index is 0.590. The first-order valence-corrected chi connectivity index (χ1v) is 7.31. The Morgan fingerprint density at radius 3 is 2.72 bits per heavy atom. The van der Waals surface area contributed by atoms with Crippen LogP contribution in [0.5, 0.6) is 0 Å². The molecule has 0 saturated carbocycles. The number of benzene rings is 1. The Balaban J connectivity index is 1.91. The third-order valence-electron chi connectivity index (χ3n) is 4.08. The fourth-order valence-corrected chi connectivity index (χ4v) is 3.05. The van der Waals surface area contributed by atoms with E-state index in [0.29, 0.717) is 6.04 Å². The molecule has 2 rings (SSSR count). The van der Waals surface area contributed by atoms with E-state index in [4.69, 9.17) is 5.73 Å². The van der Waals surface area contributed by atoms with Gasteiger partial charge in [-0.1, -0.05) is 50.1 Å². The van der Waals surface area contributed by atoms with Gasteiger partial charge in [0, 0.05) is 25.7 Å². The monoisotopic (exact) mass is 246 g/mol. The summed E-state index contributed by atoms with van der Waals surface area (Å²) in [5, 5.41) is 0. The summed E-state index contributed by atoms with van der Waals surface area (Å²) in [6.45, 7) is 5.37. The lowest BCUT2D eigenvalue weighted by Crippen LogP contribution is -2.34. The van der Waals surface area contributed by atoms with E-state index in [0.717, 1.165) is 19.0 Å². The Bertz CT molecular complexity index is 336. The van der Waals surface area contributed by atoms with Gasteiger partial charge in [-0.25, -0.2) is 0 Å². The molecule has 18 heavy (non-hydrogen) atoms. The van der Waals surface area contributed by atoms with Crippen LogP contribution in [0.4, 0.5) is 0 Å². The normalized spacial score (nSPS) is 24.6. The molecule has 0 unspecified atom stereocenters. The zero-order valence-corrected chi connectivity index (χ0v) is 11.5. The van der Waals surface area contributed by atoms with Crippen LogP contribution in [0, 0.1) is 5.92 Å². The van der Waals surface area contributed by atoms with Crippen molar-refractivity contribution in [3.05, 3.63) is 35.9 Å². The van der Waals surface area contributed by atoms with E-state index < -0.39 is 0 Å². The summed E-state index contributed by atoms with van der Waals surface area (Å²) in [7, 11) is 0. The van der Waals surface area contributed by atoms with Gasteiger partial charge in [0.1, 0.15) is 0 Å². The maximum Gasteiger partial charge on any atom is 0.0237 e. The minimum Gasteiger partial charge on any atom is -0.329 e. The van der Waals surface area contributed by atoms with Gasteiger partial charge in [-0.2, -0.15) is 0 Å². The molecule has 0 spiro atoms. The van der Waals surface area contributed by atoms with Gasteiger partial charge in [-0.15, -0.1) is 0 Å². The number of nitrogens with zero attached hydrogens (tertiary/aromatic N) is 1. The molecule has 1 aromatic carbocycles. The van der Waals surface area contributed by atoms with E-state index >= 15 is 0 Å². The third-order valence-corrected chi connectivity index (χ3v) is 4.08. The molecule has 0 radical (unpaired) electrons. The molecule has 0 aliphatic carbocycles. The van der Waals surface area contributed by atoms with Gasteiger partial charge in [0.25, 0.3) is 0 Å². The maximum atomic E-state index is 5.93. The van der Waals surface area contributed by atoms with E-state index in [1.165, 1.54) is 37.8 Å². The zero-order chi connectivity index (χ0) is 12.8. The smallest absolute Gasteiger partial charge is 0.0237 e. The van der Waals surface area contributed by atoms with Crippen LogP contribution in [0.25, 0.3) is 0 Å². The van der Waals surface area contributed by atoms with E-state index in [2.05, 4.69) is 42.2 Å². The van der Waals surface area contributed by atoms with Crippen molar-refractivity contribution in [3.8, 4) is 0 Å². The van der Waals surface area contributed by atoms with E-state index in [-0.39, 0.29) is 0 Å². The largest absolute Gasteiger partial charge is 0.329 e. The first kappa shape index (κ1) is 13.6. The Hall–Kier alpha value is -0.860. The SMILES string of the molecule is CCCC[C@H]1C[C@H](CN)N(Cc2ccccc2)C1. The van der Waals surface area contributed by atoms with Crippen LogP contribution in [0.1, 0.15) is 38.2 Å². The summed E-state index contributed by atoms with van der Waals surface area (Å²) < 4.78 is 0. The molecule has 1 fully saturated rings. The summed E-state index contributed by atoms with van der Waals surface area (Å²) in [5.41, 5.74) is 7.34. The Morgan fingerprint density at radius 2 is 2.06 bits per heavy atom. The summed E-state index contributed by atoms with van der Waals surface area (Å²) in [6.07, 6.45) is 5.34. The highest BCUT2D eigenvalue weighted by Gasteiger charge is 2.30. The van der Waals surface area contributed by atoms with Crippen molar-refractivity contribution >= 4 is 0 Å². The maximum absolute atomic E-state index is 5.93. The molecule has 0 aromatic heterocycles. The standard InChI is InChI=1S/C16H26N2/c1-2-3-7-15-10-16(11-17)18(13-15)12-14-8-5-4-6-9-14/h4-6,8-9,15-16H,2-3,7,10-13,17H2,1H3/t15-,16+/m0/s1. The average Bonchev–Trinajstić information content (AvgIpc) is 2.80. The number of nitrogens with two attached hydrogens (primary N) is 1. The molecule has 0 amide bonds. The van der Waals surface area contributed by atoms with E-state index in [9.17, 15) is 0 Å². The topological polar surface area (TPSA) is 29.3 Å². The highest BCUT2D eigenvalue weighted by molar-refractivity contribution is 5.15. The first-order chi connectivity index (χ1) is 8.83. The molecule has 1 aromatic rings. The van der Waals surface area contributed by atoms with Crippen molar-refractivity contribution in [3.63, 3.8) is 0 Å². The number of unbranched alkanes of at least 4 members (excludes halogenated alkanes) is 1. The highest BCUT2D eigenvalue weighted by Crippen LogP contribution is 2.28. The second kappa shape index (κ2) is 6.91. The quantitative estimate of drug-likeness (QED) is 0.836. The number of hydrogen-bond donors (Lipinski definition) is 1. The van der Waals surface area contributed by atoms with Crippen molar-refractivity contribution in [2.24, 2.45) is 11.7 Å².